The van der Waals surface area contributed by atoms with Crippen LogP contribution in [0.25, 0.3) is 0 Å². The number of likely N-dealkylation sites (tertiary alicyclic amines) is 1. The summed E-state index contributed by atoms with van der Waals surface area (Å²) in [7, 11) is 0. The second-order valence-electron chi connectivity index (χ2n) is 11.0. The average molecular weight is 581 g/mol. The number of hydrogen-bond donors (Lipinski definition) is 3. The first-order valence-electron chi connectivity index (χ1n) is 13.1. The van der Waals surface area contributed by atoms with Gasteiger partial charge in [0.05, 0.1) is 16.6 Å². The van der Waals surface area contributed by atoms with E-state index in [0.29, 0.717) is 46.2 Å². The lowest BCUT2D eigenvalue weighted by atomic mass is 9.73. The van der Waals surface area contributed by atoms with Gasteiger partial charge in [0.15, 0.2) is 0 Å². The Labute approximate surface area is 240 Å². The minimum absolute atomic E-state index is 0.0306. The number of carbonyl (C=O) groups is 2. The van der Waals surface area contributed by atoms with Crippen LogP contribution in [0.5, 0.6) is 0 Å². The van der Waals surface area contributed by atoms with Crippen molar-refractivity contribution in [3.63, 3.8) is 0 Å². The maximum atomic E-state index is 15.9. The van der Waals surface area contributed by atoms with Gasteiger partial charge in [-0.2, -0.15) is 0 Å². The molecular weight excluding hydrogens is 554 g/mol. The number of nitrogen functional groups attached to an aromatic ring is 1. The molecule has 0 saturated carbocycles. The quantitative estimate of drug-likeness (QED) is 0.323. The number of carboxylic acids is 1. The van der Waals surface area contributed by atoms with Crippen molar-refractivity contribution in [3.05, 3.63) is 92.7 Å². The summed E-state index contributed by atoms with van der Waals surface area (Å²) in [6.07, 6.45) is 0.449. The molecule has 0 unspecified atom stereocenters. The Morgan fingerprint density at radius 2 is 2.00 bits per heavy atom. The first-order valence-corrected chi connectivity index (χ1v) is 13.8. The highest BCUT2D eigenvalue weighted by atomic mass is 35.5. The summed E-state index contributed by atoms with van der Waals surface area (Å²) in [6, 6.07) is 14.0. The van der Waals surface area contributed by atoms with Crippen LogP contribution in [0.3, 0.4) is 0 Å². The van der Waals surface area contributed by atoms with Crippen LogP contribution in [-0.2, 0) is 10.3 Å². The molecule has 4 N–H and O–H groups in total. The Morgan fingerprint density at radius 1 is 1.23 bits per heavy atom. The van der Waals surface area contributed by atoms with Crippen LogP contribution in [0.1, 0.15) is 53.2 Å². The maximum absolute atomic E-state index is 15.9. The second-order valence-corrected chi connectivity index (χ2v) is 11.9. The molecule has 0 bridgehead atoms. The molecule has 7 nitrogen and oxygen atoms in total. The smallest absolute Gasteiger partial charge is 0.335 e. The molecule has 3 aromatic carbocycles. The first-order chi connectivity index (χ1) is 19.0. The van der Waals surface area contributed by atoms with Crippen molar-refractivity contribution in [2.75, 3.05) is 17.6 Å². The Balaban J connectivity index is 1.59. The zero-order valence-corrected chi connectivity index (χ0v) is 23.3. The molecule has 1 fully saturated rings. The summed E-state index contributed by atoms with van der Waals surface area (Å²) in [4.78, 5) is 32.9. The zero-order valence-electron chi connectivity index (χ0n) is 21.8. The summed E-state index contributed by atoms with van der Waals surface area (Å²) in [5.41, 5.74) is 8.38. The van der Waals surface area contributed by atoms with Crippen molar-refractivity contribution in [1.29, 1.82) is 0 Å². The molecule has 1 saturated heterocycles. The fraction of sp³-hybridized carbons (Fsp3) is 0.300. The number of nitrogens with one attached hydrogen (secondary N) is 1. The molecule has 0 aromatic heterocycles. The fourth-order valence-corrected chi connectivity index (χ4v) is 7.14. The van der Waals surface area contributed by atoms with E-state index in [1.54, 1.807) is 30.3 Å². The topological polar surface area (TPSA) is 108 Å². The summed E-state index contributed by atoms with van der Waals surface area (Å²) < 4.78 is 15.9. The number of rotatable bonds is 5. The van der Waals surface area contributed by atoms with E-state index in [9.17, 15) is 14.7 Å². The van der Waals surface area contributed by atoms with Crippen LogP contribution < -0.4 is 11.1 Å². The van der Waals surface area contributed by atoms with Crippen molar-refractivity contribution < 1.29 is 19.1 Å². The summed E-state index contributed by atoms with van der Waals surface area (Å²) in [5, 5.41) is 12.9. The molecule has 3 aliphatic heterocycles. The van der Waals surface area contributed by atoms with Crippen LogP contribution in [0.15, 0.2) is 59.6 Å². The largest absolute Gasteiger partial charge is 0.478 e. The number of carboxylic acid groups (broad SMARTS) is 1. The predicted molar refractivity (Wildman–Crippen MR) is 154 cm³/mol. The monoisotopic (exact) mass is 580 g/mol. The lowest BCUT2D eigenvalue weighted by Gasteiger charge is -2.40. The number of anilines is 2. The molecule has 40 heavy (non-hydrogen) atoms. The molecule has 206 valence electrons. The van der Waals surface area contributed by atoms with E-state index in [0.717, 1.165) is 5.56 Å². The Kier molecular flexibility index (Phi) is 6.40. The molecule has 3 heterocycles. The summed E-state index contributed by atoms with van der Waals surface area (Å²) in [5.74, 6) is -2.45. The number of carbonyl (C=O) groups excluding carboxylic acids is 1. The van der Waals surface area contributed by atoms with E-state index < -0.39 is 29.3 Å². The van der Waals surface area contributed by atoms with Gasteiger partial charge in [-0.25, -0.2) is 9.18 Å². The number of amides is 1. The molecule has 4 atom stereocenters. The Bertz CT molecular complexity index is 1610. The van der Waals surface area contributed by atoms with Gasteiger partial charge < -0.3 is 16.2 Å². The number of halogens is 3. The molecule has 3 aliphatic rings. The third-order valence-electron chi connectivity index (χ3n) is 8.22. The van der Waals surface area contributed by atoms with Gasteiger partial charge in [-0.1, -0.05) is 61.3 Å². The zero-order chi connectivity index (χ0) is 28.5. The molecule has 0 radical (unpaired) electrons. The summed E-state index contributed by atoms with van der Waals surface area (Å²) >= 11 is 12.6. The number of aromatic carboxylic acids is 1. The summed E-state index contributed by atoms with van der Waals surface area (Å²) in [6.45, 7) is 4.70. The molecule has 6 rings (SSSR count). The van der Waals surface area contributed by atoms with Gasteiger partial charge in [0.25, 0.3) is 0 Å². The van der Waals surface area contributed by atoms with Gasteiger partial charge in [-0.3, -0.25) is 14.7 Å². The van der Waals surface area contributed by atoms with Crippen molar-refractivity contribution in [2.24, 2.45) is 10.9 Å². The standard InChI is InChI=1S/C30H27Cl2FN4O3/c1-14(2)13-37-24-12-22(17-8-6-15(28(38)39)10-21(17)34)35-27(24)25(18-4-3-5-20(32)26(18)33)30(37)19-9-7-16(31)11-23(19)36-29(30)40/h3-11,14,24-25,27H,12-13,34H2,1-2H3,(H,36,40)(H,38,39)/t24-,25-,27+,30+/m0/s1. The average Bonchev–Trinajstić information content (AvgIpc) is 3.51. The predicted octanol–water partition coefficient (Wildman–Crippen LogP) is 5.95. The van der Waals surface area contributed by atoms with Crippen molar-refractivity contribution in [2.45, 2.75) is 43.8 Å². The number of benzene rings is 3. The minimum atomic E-state index is -1.25. The van der Waals surface area contributed by atoms with Crippen LogP contribution in [0, 0.1) is 11.7 Å². The molecule has 0 aliphatic carbocycles. The van der Waals surface area contributed by atoms with E-state index in [2.05, 4.69) is 24.1 Å². The first kappa shape index (κ1) is 26.7. The lowest BCUT2D eigenvalue weighted by molar-refractivity contribution is -0.128. The van der Waals surface area contributed by atoms with Crippen molar-refractivity contribution >= 4 is 52.2 Å². The van der Waals surface area contributed by atoms with Crippen LogP contribution in [0.4, 0.5) is 15.8 Å². The van der Waals surface area contributed by atoms with E-state index in [-0.39, 0.29) is 28.5 Å². The number of hydrogen-bond acceptors (Lipinski definition) is 5. The maximum Gasteiger partial charge on any atom is 0.335 e. The second kappa shape index (κ2) is 9.58. The number of fused-ring (bicyclic) bond motifs is 3. The molecule has 10 heteroatoms. The van der Waals surface area contributed by atoms with E-state index in [1.165, 1.54) is 18.2 Å². The Morgan fingerprint density at radius 3 is 2.70 bits per heavy atom. The highest BCUT2D eigenvalue weighted by Gasteiger charge is 2.68. The van der Waals surface area contributed by atoms with Crippen molar-refractivity contribution in [1.82, 2.24) is 4.90 Å². The van der Waals surface area contributed by atoms with Gasteiger partial charge in [-0.15, -0.1) is 0 Å². The van der Waals surface area contributed by atoms with Gasteiger partial charge in [-0.05, 0) is 41.8 Å². The SMILES string of the molecule is CC(C)CN1[C@H]2CC(c3ccc(C(=O)O)cc3N)=N[C@H]2[C@H](c2cccc(Cl)c2F)[C@]12C(=O)Nc1cc(Cl)ccc12. The molecule has 1 spiro atoms. The van der Waals surface area contributed by atoms with Crippen molar-refractivity contribution in [3.8, 4) is 0 Å². The highest BCUT2D eigenvalue weighted by Crippen LogP contribution is 2.60. The van der Waals surface area contributed by atoms with Gasteiger partial charge in [0, 0.05) is 58.2 Å². The van der Waals surface area contributed by atoms with Gasteiger partial charge >= 0.3 is 5.97 Å². The normalized spacial score (nSPS) is 25.3. The third kappa shape index (κ3) is 3.84. The van der Waals surface area contributed by atoms with Gasteiger partial charge in [0.2, 0.25) is 5.91 Å². The number of aliphatic imine (C=N–C) groups is 1. The van der Waals surface area contributed by atoms with E-state index in [1.807, 2.05) is 6.07 Å². The third-order valence-corrected chi connectivity index (χ3v) is 8.75. The van der Waals surface area contributed by atoms with E-state index in [4.69, 9.17) is 33.9 Å². The van der Waals surface area contributed by atoms with Crippen LogP contribution >= 0.6 is 23.2 Å². The molecular formula is C30H27Cl2FN4O3. The number of nitrogens with two attached hydrogens (primary N) is 1. The molecule has 3 aromatic rings. The minimum Gasteiger partial charge on any atom is -0.478 e. The fourth-order valence-electron chi connectivity index (χ4n) is 6.78. The molecule has 1 amide bonds. The number of nitrogens with zero attached hydrogens (tertiary/aromatic N) is 2. The van der Waals surface area contributed by atoms with Crippen LogP contribution in [0.2, 0.25) is 10.0 Å². The highest BCUT2D eigenvalue weighted by molar-refractivity contribution is 6.31. The van der Waals surface area contributed by atoms with Gasteiger partial charge in [0.1, 0.15) is 11.4 Å². The van der Waals surface area contributed by atoms with E-state index >= 15 is 4.39 Å². The Hall–Kier alpha value is -3.46. The lowest BCUT2D eigenvalue weighted by Crippen LogP contribution is -2.53. The van der Waals surface area contributed by atoms with Crippen LogP contribution in [-0.4, -0.2) is 46.2 Å².